The van der Waals surface area contributed by atoms with E-state index in [9.17, 15) is 0 Å². The standard InChI is InChI=1S/CHCl3.3ClH.Fe/c2-1(3)4;;;;/h1H;3*1H;/q;;;;+3/p-3. The molecule has 0 aliphatic carbocycles. The van der Waals surface area contributed by atoms with Crippen molar-refractivity contribution in [3.63, 3.8) is 0 Å². The Kier molecular flexibility index (Phi) is 14.9. The van der Waals surface area contributed by atoms with E-state index in [2.05, 4.69) is 0 Å². The molecule has 8 heavy (non-hydrogen) atoms. The second kappa shape index (κ2) is 9.26. The molecule has 0 nitrogen and oxygen atoms in total. The molecule has 0 unspecified atom stereocenters. The Bertz CT molecular complexity index is 24.0. The molecule has 0 aliphatic rings. The zero-order valence-electron chi connectivity index (χ0n) is 3.20. The second-order valence-electron chi connectivity index (χ2n) is 0.399. The Morgan fingerprint density at radius 1 is 0.875 bits per heavy atom. The molecular weight excluding hydrogens is 281 g/mol. The Morgan fingerprint density at radius 3 is 0.875 bits per heavy atom. The summed E-state index contributed by atoms with van der Waals surface area (Å²) < 4.78 is -0.750. The van der Waals surface area contributed by atoms with Gasteiger partial charge in [-0.15, -0.1) is 0 Å². The molecule has 0 N–H and O–H groups in total. The zero-order valence-corrected chi connectivity index (χ0v) is 8.84. The Hall–Kier alpha value is 2.26. The summed E-state index contributed by atoms with van der Waals surface area (Å²) in [5.74, 6) is 0. The van der Waals surface area contributed by atoms with Gasteiger partial charge >= 0.3 is 41.5 Å². The van der Waals surface area contributed by atoms with Crippen LogP contribution in [0.25, 0.3) is 0 Å². The molecule has 0 radical (unpaired) electrons. The van der Waals surface area contributed by atoms with Crippen LogP contribution in [0, 0.1) is 0 Å². The van der Waals surface area contributed by atoms with Crippen molar-refractivity contribution in [1.82, 2.24) is 0 Å². The van der Waals surface area contributed by atoms with E-state index in [1.54, 1.807) is 0 Å². The molecule has 0 amide bonds. The third-order valence-corrected chi connectivity index (χ3v) is 0. The van der Waals surface area contributed by atoms with Crippen LogP contribution in [-0.4, -0.2) is 4.30 Å². The molecule has 0 saturated heterocycles. The van der Waals surface area contributed by atoms with Gasteiger partial charge in [0.05, 0.1) is 0 Å². The Morgan fingerprint density at radius 2 is 0.875 bits per heavy atom. The molecule has 0 saturated carbocycles. The van der Waals surface area contributed by atoms with E-state index < -0.39 is 15.5 Å². The molecular formula is CHCl6Fe. The molecule has 0 spiro atoms. The van der Waals surface area contributed by atoms with Crippen LogP contribution in [0.5, 0.6) is 0 Å². The molecule has 0 atom stereocenters. The number of alkyl halides is 3. The number of hydrogen-bond donors (Lipinski definition) is 0. The zero-order chi connectivity index (χ0) is 7.15. The topological polar surface area (TPSA) is 0 Å². The Labute approximate surface area is 79.9 Å². The van der Waals surface area contributed by atoms with Gasteiger partial charge in [0.1, 0.15) is 0 Å². The molecule has 0 bridgehead atoms. The van der Waals surface area contributed by atoms with E-state index in [1.165, 1.54) is 0 Å². The third kappa shape index (κ3) is 85.3. The van der Waals surface area contributed by atoms with Gasteiger partial charge in [-0.05, 0) is 0 Å². The predicted octanol–water partition coefficient (Wildman–Crippen LogP) is 4.05. The van der Waals surface area contributed by atoms with Crippen LogP contribution in [0.3, 0.4) is 0 Å². The molecule has 0 heterocycles. The monoisotopic (exact) mass is 279 g/mol. The van der Waals surface area contributed by atoms with Crippen LogP contribution in [0.2, 0.25) is 0 Å². The van der Waals surface area contributed by atoms with E-state index in [0.29, 0.717) is 0 Å². The number of rotatable bonds is 0. The predicted molar refractivity (Wildman–Crippen MR) is 38.9 cm³/mol. The maximum atomic E-state index is 4.89. The minimum atomic E-state index is -1.33. The van der Waals surface area contributed by atoms with Gasteiger partial charge in [0, 0.05) is 0 Å². The normalized spacial score (nSPS) is 10.1. The SMILES string of the molecule is ClC(Cl)Cl.[Cl][Fe]([Cl])[Cl]. The first-order valence-electron chi connectivity index (χ1n) is 1.06. The summed E-state index contributed by atoms with van der Waals surface area (Å²) in [4.78, 5) is 0. The summed E-state index contributed by atoms with van der Waals surface area (Å²) in [6, 6.07) is 0. The van der Waals surface area contributed by atoms with Crippen LogP contribution < -0.4 is 0 Å². The fraction of sp³-hybridized carbons (Fsp3) is 1.00. The second-order valence-corrected chi connectivity index (χ2v) is 7.85. The van der Waals surface area contributed by atoms with E-state index >= 15 is 0 Å². The average Bonchev–Trinajstić information content (AvgIpc) is 1.25. The van der Waals surface area contributed by atoms with Crippen LogP contribution in [0.1, 0.15) is 0 Å². The summed E-state index contributed by atoms with van der Waals surface area (Å²) in [6.07, 6.45) is 0. The van der Waals surface area contributed by atoms with Gasteiger partial charge in [0.15, 0.2) is 4.30 Å². The van der Waals surface area contributed by atoms with E-state index in [-0.39, 0.29) is 0 Å². The maximum absolute atomic E-state index is 4.89. The molecule has 0 aromatic rings. The quantitative estimate of drug-likeness (QED) is 0.464. The summed E-state index contributed by atoms with van der Waals surface area (Å²) in [5.41, 5.74) is 0. The van der Waals surface area contributed by atoms with Crippen molar-refractivity contribution in [3.8, 4) is 0 Å². The van der Waals surface area contributed by atoms with Gasteiger partial charge in [-0.2, -0.15) is 0 Å². The van der Waals surface area contributed by atoms with Gasteiger partial charge in [0.25, 0.3) is 0 Å². The number of halogens is 6. The van der Waals surface area contributed by atoms with Crippen LogP contribution >= 0.6 is 65.1 Å². The van der Waals surface area contributed by atoms with Gasteiger partial charge in [-0.25, -0.2) is 0 Å². The van der Waals surface area contributed by atoms with Crippen molar-refractivity contribution < 1.29 is 11.2 Å². The summed E-state index contributed by atoms with van der Waals surface area (Å²) >= 11 is 13.1. The molecule has 0 rings (SSSR count). The first-order chi connectivity index (χ1) is 3.46. The van der Waals surface area contributed by atoms with E-state index in [4.69, 9.17) is 65.1 Å². The van der Waals surface area contributed by atoms with Crippen molar-refractivity contribution in [3.05, 3.63) is 0 Å². The molecule has 0 fully saturated rings. The fourth-order valence-corrected chi connectivity index (χ4v) is 0. The summed E-state index contributed by atoms with van der Waals surface area (Å²) in [5, 5.41) is 0. The third-order valence-electron chi connectivity index (χ3n) is 0. The minimum absolute atomic E-state index is 0.750. The van der Waals surface area contributed by atoms with Crippen molar-refractivity contribution in [2.45, 2.75) is 4.30 Å². The Balaban J connectivity index is 0. The number of hydrogen-bond acceptors (Lipinski definition) is 0. The van der Waals surface area contributed by atoms with Crippen LogP contribution in [-0.2, 0) is 11.2 Å². The first-order valence-corrected chi connectivity index (χ1v) is 6.92. The van der Waals surface area contributed by atoms with E-state index in [1.807, 2.05) is 0 Å². The van der Waals surface area contributed by atoms with Crippen molar-refractivity contribution >= 4 is 65.1 Å². The molecule has 0 aromatic heterocycles. The molecule has 7 heteroatoms. The average molecular weight is 282 g/mol. The van der Waals surface area contributed by atoms with Crippen LogP contribution in [0.4, 0.5) is 0 Å². The molecule has 55 valence electrons. The fourth-order valence-electron chi connectivity index (χ4n) is 0. The summed E-state index contributed by atoms with van der Waals surface area (Å²) in [7, 11) is 14.7. The van der Waals surface area contributed by atoms with Gasteiger partial charge in [-0.1, -0.05) is 34.8 Å². The first kappa shape index (κ1) is 12.9. The van der Waals surface area contributed by atoms with Crippen molar-refractivity contribution in [2.24, 2.45) is 0 Å². The van der Waals surface area contributed by atoms with Gasteiger partial charge in [-0.3, -0.25) is 0 Å². The summed E-state index contributed by atoms with van der Waals surface area (Å²) in [6.45, 7) is 0. The van der Waals surface area contributed by atoms with Gasteiger partial charge in [0.2, 0.25) is 0 Å². The van der Waals surface area contributed by atoms with Gasteiger partial charge < -0.3 is 0 Å². The van der Waals surface area contributed by atoms with Crippen LogP contribution in [0.15, 0.2) is 0 Å². The van der Waals surface area contributed by atoms with Crippen molar-refractivity contribution in [2.75, 3.05) is 0 Å². The van der Waals surface area contributed by atoms with E-state index in [0.717, 1.165) is 0 Å². The van der Waals surface area contributed by atoms with Crippen molar-refractivity contribution in [1.29, 1.82) is 0 Å². The molecule has 0 aromatic carbocycles. The molecule has 0 aliphatic heterocycles.